The molecule has 0 atom stereocenters. The van der Waals surface area contributed by atoms with Crippen molar-refractivity contribution >= 4 is 5.78 Å². The molecular formula is C19H25NO. The predicted octanol–water partition coefficient (Wildman–Crippen LogP) is 4.67. The minimum atomic E-state index is 0.0481. The normalized spacial score (nSPS) is 11.9. The summed E-state index contributed by atoms with van der Waals surface area (Å²) in [6, 6.07) is 10.6. The van der Waals surface area contributed by atoms with E-state index in [0.717, 1.165) is 12.1 Å². The van der Waals surface area contributed by atoms with E-state index in [1.54, 1.807) is 0 Å². The van der Waals surface area contributed by atoms with Gasteiger partial charge in [-0.2, -0.15) is 0 Å². The van der Waals surface area contributed by atoms with E-state index >= 15 is 0 Å². The van der Waals surface area contributed by atoms with Crippen LogP contribution in [0.5, 0.6) is 0 Å². The van der Waals surface area contributed by atoms with Gasteiger partial charge in [-0.05, 0) is 22.6 Å². The summed E-state index contributed by atoms with van der Waals surface area (Å²) in [6.45, 7) is 11.3. The fourth-order valence-electron chi connectivity index (χ4n) is 2.34. The SMILES string of the molecule is CC(C)C(=O)c1ccn(Cc2ccc(C(C)(C)C)cc2)c1. The van der Waals surface area contributed by atoms with Gasteiger partial charge in [0.05, 0.1) is 0 Å². The first kappa shape index (κ1) is 15.6. The molecule has 1 aromatic carbocycles. The van der Waals surface area contributed by atoms with Gasteiger partial charge in [-0.25, -0.2) is 0 Å². The van der Waals surface area contributed by atoms with Crippen LogP contribution < -0.4 is 0 Å². The zero-order valence-corrected chi connectivity index (χ0v) is 13.7. The maximum Gasteiger partial charge on any atom is 0.166 e. The number of carbonyl (C=O) groups excluding carboxylic acids is 1. The third kappa shape index (κ3) is 3.84. The summed E-state index contributed by atoms with van der Waals surface area (Å²) in [5.74, 6) is 0.253. The number of benzene rings is 1. The summed E-state index contributed by atoms with van der Waals surface area (Å²) in [7, 11) is 0. The van der Waals surface area contributed by atoms with Crippen molar-refractivity contribution in [2.24, 2.45) is 5.92 Å². The lowest BCUT2D eigenvalue weighted by atomic mass is 9.87. The highest BCUT2D eigenvalue weighted by molar-refractivity contribution is 5.97. The molecule has 112 valence electrons. The smallest absolute Gasteiger partial charge is 0.166 e. The standard InChI is InChI=1S/C19H25NO/c1-14(2)18(21)16-10-11-20(13-16)12-15-6-8-17(9-7-15)19(3,4)5/h6-11,13-14H,12H2,1-5H3. The molecule has 0 fully saturated rings. The maximum atomic E-state index is 12.0. The van der Waals surface area contributed by atoms with Crippen molar-refractivity contribution in [3.05, 3.63) is 59.4 Å². The highest BCUT2D eigenvalue weighted by atomic mass is 16.1. The van der Waals surface area contributed by atoms with Crippen molar-refractivity contribution in [3.63, 3.8) is 0 Å². The van der Waals surface area contributed by atoms with Crippen molar-refractivity contribution in [2.45, 2.75) is 46.6 Å². The molecule has 0 spiro atoms. The summed E-state index contributed by atoms with van der Waals surface area (Å²) >= 11 is 0. The van der Waals surface area contributed by atoms with Crippen LogP contribution in [0.2, 0.25) is 0 Å². The fraction of sp³-hybridized carbons (Fsp3) is 0.421. The van der Waals surface area contributed by atoms with Gasteiger partial charge in [0.1, 0.15) is 0 Å². The molecule has 21 heavy (non-hydrogen) atoms. The van der Waals surface area contributed by atoms with Gasteiger partial charge in [0, 0.05) is 30.4 Å². The van der Waals surface area contributed by atoms with Crippen molar-refractivity contribution in [1.82, 2.24) is 4.57 Å². The van der Waals surface area contributed by atoms with E-state index in [9.17, 15) is 4.79 Å². The summed E-state index contributed by atoms with van der Waals surface area (Å²) in [5.41, 5.74) is 3.58. The van der Waals surface area contributed by atoms with E-state index in [2.05, 4.69) is 49.6 Å². The summed E-state index contributed by atoms with van der Waals surface area (Å²) in [4.78, 5) is 12.0. The Morgan fingerprint density at radius 2 is 1.71 bits per heavy atom. The Morgan fingerprint density at radius 1 is 1.10 bits per heavy atom. The number of Topliss-reactive ketones (excluding diaryl/α,β-unsaturated/α-hetero) is 1. The van der Waals surface area contributed by atoms with Crippen molar-refractivity contribution < 1.29 is 4.79 Å². The van der Waals surface area contributed by atoms with Crippen molar-refractivity contribution in [3.8, 4) is 0 Å². The van der Waals surface area contributed by atoms with Gasteiger partial charge in [0.15, 0.2) is 5.78 Å². The van der Waals surface area contributed by atoms with Gasteiger partial charge in [0.2, 0.25) is 0 Å². The van der Waals surface area contributed by atoms with Crippen molar-refractivity contribution in [2.75, 3.05) is 0 Å². The van der Waals surface area contributed by atoms with Crippen LogP contribution in [0.4, 0.5) is 0 Å². The number of carbonyl (C=O) groups is 1. The lowest BCUT2D eigenvalue weighted by Crippen LogP contribution is -2.11. The van der Waals surface area contributed by atoms with E-state index in [1.807, 2.05) is 32.3 Å². The second-order valence-corrected chi connectivity index (χ2v) is 7.04. The molecule has 0 aliphatic rings. The molecule has 1 heterocycles. The van der Waals surface area contributed by atoms with Gasteiger partial charge in [-0.3, -0.25) is 4.79 Å². The molecule has 2 rings (SSSR count). The van der Waals surface area contributed by atoms with Crippen LogP contribution in [0.1, 0.15) is 56.1 Å². The highest BCUT2D eigenvalue weighted by Gasteiger charge is 2.13. The maximum absolute atomic E-state index is 12.0. The minimum Gasteiger partial charge on any atom is -0.349 e. The Labute approximate surface area is 127 Å². The Balaban J connectivity index is 2.10. The Kier molecular flexibility index (Phi) is 4.36. The van der Waals surface area contributed by atoms with E-state index in [0.29, 0.717) is 0 Å². The lowest BCUT2D eigenvalue weighted by molar-refractivity contribution is 0.0939. The van der Waals surface area contributed by atoms with Gasteiger partial charge in [0.25, 0.3) is 0 Å². The Bertz CT molecular complexity index is 612. The van der Waals surface area contributed by atoms with Gasteiger partial charge in [-0.15, -0.1) is 0 Å². The molecule has 0 radical (unpaired) electrons. The Morgan fingerprint density at radius 3 is 2.24 bits per heavy atom. The molecular weight excluding hydrogens is 258 g/mol. The van der Waals surface area contributed by atoms with E-state index < -0.39 is 0 Å². The lowest BCUT2D eigenvalue weighted by Gasteiger charge is -2.19. The molecule has 0 saturated carbocycles. The van der Waals surface area contributed by atoms with E-state index in [-0.39, 0.29) is 17.1 Å². The number of aromatic nitrogens is 1. The quantitative estimate of drug-likeness (QED) is 0.747. The van der Waals surface area contributed by atoms with Crippen LogP contribution in [-0.2, 0) is 12.0 Å². The number of ketones is 1. The molecule has 0 unspecified atom stereocenters. The summed E-state index contributed by atoms with van der Waals surface area (Å²) in [6.07, 6.45) is 3.92. The van der Waals surface area contributed by atoms with Gasteiger partial charge in [-0.1, -0.05) is 58.9 Å². The molecule has 0 aliphatic carbocycles. The summed E-state index contributed by atoms with van der Waals surface area (Å²) < 4.78 is 2.07. The predicted molar refractivity (Wildman–Crippen MR) is 87.8 cm³/mol. The third-order valence-corrected chi connectivity index (χ3v) is 3.74. The second kappa shape index (κ2) is 5.88. The molecule has 0 amide bonds. The number of hydrogen-bond donors (Lipinski definition) is 0. The molecule has 0 saturated heterocycles. The zero-order chi connectivity index (χ0) is 15.6. The summed E-state index contributed by atoms with van der Waals surface area (Å²) in [5, 5.41) is 0. The van der Waals surface area contributed by atoms with Crippen LogP contribution in [0.15, 0.2) is 42.7 Å². The third-order valence-electron chi connectivity index (χ3n) is 3.74. The van der Waals surface area contributed by atoms with Crippen LogP contribution in [0.3, 0.4) is 0 Å². The molecule has 0 N–H and O–H groups in total. The fourth-order valence-corrected chi connectivity index (χ4v) is 2.34. The second-order valence-electron chi connectivity index (χ2n) is 7.04. The topological polar surface area (TPSA) is 22.0 Å². The van der Waals surface area contributed by atoms with E-state index in [1.165, 1.54) is 11.1 Å². The zero-order valence-electron chi connectivity index (χ0n) is 13.7. The highest BCUT2D eigenvalue weighted by Crippen LogP contribution is 2.22. The minimum absolute atomic E-state index is 0.0481. The first-order valence-corrected chi connectivity index (χ1v) is 7.57. The average molecular weight is 283 g/mol. The van der Waals surface area contributed by atoms with Crippen LogP contribution in [-0.4, -0.2) is 10.4 Å². The average Bonchev–Trinajstić information content (AvgIpc) is 2.85. The van der Waals surface area contributed by atoms with Gasteiger partial charge >= 0.3 is 0 Å². The van der Waals surface area contributed by atoms with Crippen LogP contribution >= 0.6 is 0 Å². The largest absolute Gasteiger partial charge is 0.349 e. The number of hydrogen-bond acceptors (Lipinski definition) is 1. The monoisotopic (exact) mass is 283 g/mol. The molecule has 1 aromatic heterocycles. The number of rotatable bonds is 4. The van der Waals surface area contributed by atoms with Crippen LogP contribution in [0, 0.1) is 5.92 Å². The Hall–Kier alpha value is -1.83. The molecule has 2 aromatic rings. The van der Waals surface area contributed by atoms with Crippen LogP contribution in [0.25, 0.3) is 0 Å². The molecule has 0 bridgehead atoms. The molecule has 0 aliphatic heterocycles. The van der Waals surface area contributed by atoms with E-state index in [4.69, 9.17) is 0 Å². The first-order valence-electron chi connectivity index (χ1n) is 7.57. The van der Waals surface area contributed by atoms with Crippen molar-refractivity contribution in [1.29, 1.82) is 0 Å². The van der Waals surface area contributed by atoms with Gasteiger partial charge < -0.3 is 4.57 Å². The molecule has 2 heteroatoms. The molecule has 2 nitrogen and oxygen atoms in total. The number of nitrogens with zero attached hydrogens (tertiary/aromatic N) is 1. The first-order chi connectivity index (χ1) is 9.77.